The van der Waals surface area contributed by atoms with Crippen LogP contribution in [0.4, 0.5) is 0 Å². The summed E-state index contributed by atoms with van der Waals surface area (Å²) < 4.78 is 0.209. The molecule has 1 fully saturated rings. The Morgan fingerprint density at radius 3 is 2.67 bits per heavy atom. The molecule has 1 amide bonds. The minimum absolute atomic E-state index is 0.0285. The molecule has 1 aliphatic rings. The van der Waals surface area contributed by atoms with E-state index >= 15 is 0 Å². The Balaban J connectivity index is 2.43. The summed E-state index contributed by atoms with van der Waals surface area (Å²) in [6, 6.07) is 0.0285. The Bertz CT molecular complexity index is 238. The number of hydrogen-bond donors (Lipinski definition) is 2. The van der Waals surface area contributed by atoms with Gasteiger partial charge in [0.05, 0.1) is 6.04 Å². The molecule has 0 aromatic heterocycles. The van der Waals surface area contributed by atoms with Crippen LogP contribution in [-0.2, 0) is 4.79 Å². The number of carbonyl (C=O) groups excluding carboxylic acids is 1. The van der Waals surface area contributed by atoms with E-state index in [1.54, 1.807) is 0 Å². The predicted octanol–water partition coefficient (Wildman–Crippen LogP) is 2.56. The molecule has 1 rings (SSSR count). The lowest BCUT2D eigenvalue weighted by Crippen LogP contribution is -2.48. The van der Waals surface area contributed by atoms with Crippen molar-refractivity contribution in [2.24, 2.45) is 0 Å². The number of amides is 1. The SMILES string of the molecule is CCC(CC)(CNC(=O)C1CCCCCN1)SC. The lowest BCUT2D eigenvalue weighted by molar-refractivity contribution is -0.123. The van der Waals surface area contributed by atoms with Crippen LogP contribution in [0.15, 0.2) is 0 Å². The topological polar surface area (TPSA) is 41.1 Å². The maximum Gasteiger partial charge on any atom is 0.237 e. The molecular formula is C14H28N2OS. The van der Waals surface area contributed by atoms with Gasteiger partial charge in [-0.2, -0.15) is 11.8 Å². The number of carbonyl (C=O) groups is 1. The van der Waals surface area contributed by atoms with Crippen LogP contribution in [0.5, 0.6) is 0 Å². The van der Waals surface area contributed by atoms with Crippen molar-refractivity contribution in [1.29, 1.82) is 0 Å². The fourth-order valence-corrected chi connectivity index (χ4v) is 3.28. The quantitative estimate of drug-likeness (QED) is 0.781. The Kier molecular flexibility index (Phi) is 7.08. The van der Waals surface area contributed by atoms with Crippen LogP contribution in [0.1, 0.15) is 52.4 Å². The fraction of sp³-hybridized carbons (Fsp3) is 0.929. The van der Waals surface area contributed by atoms with Crippen LogP contribution in [-0.4, -0.2) is 36.0 Å². The molecule has 1 aliphatic heterocycles. The first-order valence-electron chi connectivity index (χ1n) is 7.23. The minimum atomic E-state index is 0.0285. The van der Waals surface area contributed by atoms with Gasteiger partial charge in [-0.05, 0) is 38.5 Å². The summed E-state index contributed by atoms with van der Waals surface area (Å²) in [6.07, 6.45) is 8.93. The molecule has 4 heteroatoms. The summed E-state index contributed by atoms with van der Waals surface area (Å²) in [7, 11) is 0. The smallest absolute Gasteiger partial charge is 0.237 e. The van der Waals surface area contributed by atoms with Gasteiger partial charge in [-0.25, -0.2) is 0 Å². The molecule has 0 bridgehead atoms. The van der Waals surface area contributed by atoms with E-state index in [-0.39, 0.29) is 16.7 Å². The second-order valence-corrected chi connectivity index (χ2v) is 6.44. The minimum Gasteiger partial charge on any atom is -0.353 e. The predicted molar refractivity (Wildman–Crippen MR) is 80.1 cm³/mol. The van der Waals surface area contributed by atoms with Gasteiger partial charge in [-0.1, -0.05) is 26.7 Å². The Labute approximate surface area is 116 Å². The van der Waals surface area contributed by atoms with Crippen molar-refractivity contribution in [2.75, 3.05) is 19.3 Å². The second-order valence-electron chi connectivity index (χ2n) is 5.17. The van der Waals surface area contributed by atoms with Crippen LogP contribution < -0.4 is 10.6 Å². The molecule has 2 N–H and O–H groups in total. The van der Waals surface area contributed by atoms with Gasteiger partial charge < -0.3 is 10.6 Å². The monoisotopic (exact) mass is 272 g/mol. The lowest BCUT2D eigenvalue weighted by Gasteiger charge is -2.30. The standard InChI is InChI=1S/C14H28N2OS/c1-4-14(5-2,18-3)11-16-13(17)12-9-7-6-8-10-15-12/h12,15H,4-11H2,1-3H3,(H,16,17). The first kappa shape index (κ1) is 15.8. The van der Waals surface area contributed by atoms with Crippen LogP contribution >= 0.6 is 11.8 Å². The van der Waals surface area contributed by atoms with Crippen LogP contribution in [0, 0.1) is 0 Å². The number of thioether (sulfide) groups is 1. The largest absolute Gasteiger partial charge is 0.353 e. The zero-order valence-electron chi connectivity index (χ0n) is 12.1. The third-order valence-corrected chi connectivity index (χ3v) is 5.77. The van der Waals surface area contributed by atoms with Gasteiger partial charge in [-0.3, -0.25) is 4.79 Å². The summed E-state index contributed by atoms with van der Waals surface area (Å²) in [5.41, 5.74) is 0. The van der Waals surface area contributed by atoms with Gasteiger partial charge in [0.2, 0.25) is 5.91 Å². The molecule has 1 atom stereocenters. The van der Waals surface area contributed by atoms with Crippen molar-refractivity contribution >= 4 is 17.7 Å². The molecule has 0 aromatic rings. The maximum atomic E-state index is 12.2. The van der Waals surface area contributed by atoms with Crippen molar-refractivity contribution < 1.29 is 4.79 Å². The number of rotatable bonds is 6. The Morgan fingerprint density at radius 1 is 1.33 bits per heavy atom. The lowest BCUT2D eigenvalue weighted by atomic mass is 10.0. The van der Waals surface area contributed by atoms with Gasteiger partial charge in [0.1, 0.15) is 0 Å². The van der Waals surface area contributed by atoms with Crippen molar-refractivity contribution in [3.63, 3.8) is 0 Å². The molecule has 106 valence electrons. The van der Waals surface area contributed by atoms with Crippen molar-refractivity contribution in [3.8, 4) is 0 Å². The third kappa shape index (κ3) is 4.47. The molecule has 0 aliphatic carbocycles. The molecule has 1 saturated heterocycles. The molecule has 1 heterocycles. The van der Waals surface area contributed by atoms with Crippen LogP contribution in [0.25, 0.3) is 0 Å². The van der Waals surface area contributed by atoms with E-state index in [1.807, 2.05) is 11.8 Å². The summed E-state index contributed by atoms with van der Waals surface area (Å²) in [6.45, 7) is 6.18. The number of hydrogen-bond acceptors (Lipinski definition) is 3. The third-order valence-electron chi connectivity index (χ3n) is 4.18. The molecular weight excluding hydrogens is 244 g/mol. The van der Waals surface area contributed by atoms with Crippen molar-refractivity contribution in [2.45, 2.75) is 63.2 Å². The molecule has 18 heavy (non-hydrogen) atoms. The molecule has 0 saturated carbocycles. The zero-order valence-corrected chi connectivity index (χ0v) is 12.9. The average Bonchev–Trinajstić information content (AvgIpc) is 2.69. The summed E-state index contributed by atoms with van der Waals surface area (Å²) in [4.78, 5) is 12.2. The highest BCUT2D eigenvalue weighted by Gasteiger charge is 2.27. The Hall–Kier alpha value is -0.220. The van der Waals surface area contributed by atoms with Gasteiger partial charge in [0, 0.05) is 11.3 Å². The summed E-state index contributed by atoms with van der Waals surface area (Å²) in [5, 5.41) is 6.50. The zero-order chi connectivity index (χ0) is 13.4. The van der Waals surface area contributed by atoms with E-state index < -0.39 is 0 Å². The fourth-order valence-electron chi connectivity index (χ4n) is 2.48. The van der Waals surface area contributed by atoms with E-state index in [0.717, 1.165) is 32.4 Å². The molecule has 3 nitrogen and oxygen atoms in total. The summed E-state index contributed by atoms with van der Waals surface area (Å²) >= 11 is 1.87. The highest BCUT2D eigenvalue weighted by atomic mass is 32.2. The van der Waals surface area contributed by atoms with E-state index in [1.165, 1.54) is 19.3 Å². The van der Waals surface area contributed by atoms with Gasteiger partial charge in [0.25, 0.3) is 0 Å². The molecule has 0 radical (unpaired) electrons. The highest BCUT2D eigenvalue weighted by Crippen LogP contribution is 2.29. The molecule has 0 spiro atoms. The summed E-state index contributed by atoms with van der Waals surface area (Å²) in [5.74, 6) is 0.192. The van der Waals surface area contributed by atoms with Crippen molar-refractivity contribution in [3.05, 3.63) is 0 Å². The van der Waals surface area contributed by atoms with Gasteiger partial charge >= 0.3 is 0 Å². The first-order chi connectivity index (χ1) is 8.67. The van der Waals surface area contributed by atoms with E-state index in [4.69, 9.17) is 0 Å². The second kappa shape index (κ2) is 8.05. The van der Waals surface area contributed by atoms with E-state index in [0.29, 0.717) is 0 Å². The average molecular weight is 272 g/mol. The Morgan fingerprint density at radius 2 is 2.06 bits per heavy atom. The molecule has 0 aromatic carbocycles. The molecule has 1 unspecified atom stereocenters. The van der Waals surface area contributed by atoms with Crippen molar-refractivity contribution in [1.82, 2.24) is 10.6 Å². The normalized spacial score (nSPS) is 21.4. The van der Waals surface area contributed by atoms with Crippen LogP contribution in [0.2, 0.25) is 0 Å². The van der Waals surface area contributed by atoms with E-state index in [9.17, 15) is 4.79 Å². The van der Waals surface area contributed by atoms with Crippen LogP contribution in [0.3, 0.4) is 0 Å². The number of nitrogens with one attached hydrogen (secondary N) is 2. The van der Waals surface area contributed by atoms with Gasteiger partial charge in [-0.15, -0.1) is 0 Å². The first-order valence-corrected chi connectivity index (χ1v) is 8.46. The highest BCUT2D eigenvalue weighted by molar-refractivity contribution is 8.00. The maximum absolute atomic E-state index is 12.2. The van der Waals surface area contributed by atoms with Gasteiger partial charge in [0.15, 0.2) is 0 Å². The van der Waals surface area contributed by atoms with E-state index in [2.05, 4.69) is 30.7 Å².